The largest absolute Gasteiger partial charge is 0.389 e. The molecule has 0 aliphatic heterocycles. The number of hydrogen-bond acceptors (Lipinski definition) is 5. The van der Waals surface area contributed by atoms with Crippen LogP contribution in [0.15, 0.2) is 12.4 Å². The zero-order valence-corrected chi connectivity index (χ0v) is 8.71. The Morgan fingerprint density at radius 1 is 1.44 bits per heavy atom. The molecule has 2 aromatic heterocycles. The third-order valence-corrected chi connectivity index (χ3v) is 2.01. The maximum atomic E-state index is 11.6. The van der Waals surface area contributed by atoms with Gasteiger partial charge < -0.3 is 11.1 Å². The molecular formula is C7H7N7OS. The number of rotatable bonds is 3. The minimum Gasteiger partial charge on any atom is -0.389 e. The smallest absolute Gasteiger partial charge is 0.278 e. The van der Waals surface area contributed by atoms with Crippen LogP contribution in [0.2, 0.25) is 0 Å². The summed E-state index contributed by atoms with van der Waals surface area (Å²) in [5.74, 6) is -0.101. The third-order valence-electron chi connectivity index (χ3n) is 1.79. The summed E-state index contributed by atoms with van der Waals surface area (Å²) in [5, 5.41) is 18.3. The first-order chi connectivity index (χ1) is 7.68. The van der Waals surface area contributed by atoms with Crippen molar-refractivity contribution in [3.8, 4) is 0 Å². The van der Waals surface area contributed by atoms with Gasteiger partial charge in [0.05, 0.1) is 18.0 Å². The molecule has 0 saturated carbocycles. The fraction of sp³-hybridized carbons (Fsp3) is 0. The molecule has 0 aliphatic rings. The van der Waals surface area contributed by atoms with E-state index in [1.807, 2.05) is 0 Å². The van der Waals surface area contributed by atoms with E-state index in [4.69, 9.17) is 18.0 Å². The Bertz CT molecular complexity index is 517. The van der Waals surface area contributed by atoms with Crippen molar-refractivity contribution in [2.24, 2.45) is 5.73 Å². The molecule has 1 amide bonds. The maximum absolute atomic E-state index is 11.6. The Kier molecular flexibility index (Phi) is 2.60. The first kappa shape index (κ1) is 10.2. The summed E-state index contributed by atoms with van der Waals surface area (Å²) >= 11 is 4.79. The highest BCUT2D eigenvalue weighted by molar-refractivity contribution is 7.80. The number of nitrogens with zero attached hydrogens (tertiary/aromatic N) is 3. The second-order valence-corrected chi connectivity index (χ2v) is 3.27. The predicted octanol–water partition coefficient (Wildman–Crippen LogP) is -0.586. The van der Waals surface area contributed by atoms with Gasteiger partial charge >= 0.3 is 0 Å². The molecular weight excluding hydrogens is 230 g/mol. The summed E-state index contributed by atoms with van der Waals surface area (Å²) in [6.45, 7) is 0. The molecule has 5 N–H and O–H groups in total. The number of nitrogens with one attached hydrogen (secondary N) is 3. The molecule has 0 radical (unpaired) electrons. The van der Waals surface area contributed by atoms with Crippen LogP contribution >= 0.6 is 12.2 Å². The Morgan fingerprint density at radius 2 is 2.25 bits per heavy atom. The molecule has 2 rings (SSSR count). The van der Waals surface area contributed by atoms with Gasteiger partial charge in [0.25, 0.3) is 5.91 Å². The average molecular weight is 237 g/mol. The van der Waals surface area contributed by atoms with Gasteiger partial charge in [0.1, 0.15) is 10.8 Å². The van der Waals surface area contributed by atoms with Gasteiger partial charge in [-0.2, -0.15) is 20.5 Å². The Balaban J connectivity index is 2.18. The van der Waals surface area contributed by atoms with Gasteiger partial charge in [0.2, 0.25) is 0 Å². The molecule has 0 spiro atoms. The summed E-state index contributed by atoms with van der Waals surface area (Å²) in [6, 6.07) is 0. The van der Waals surface area contributed by atoms with E-state index < -0.39 is 5.91 Å². The Labute approximate surface area is 94.6 Å². The summed E-state index contributed by atoms with van der Waals surface area (Å²) in [6.07, 6.45) is 2.73. The SMILES string of the molecule is NC(=S)c1cn[nH]c1NC(=O)c1cn[nH]n1. The number of carbonyl (C=O) groups excluding carboxylic acids is 1. The van der Waals surface area contributed by atoms with Gasteiger partial charge in [-0.05, 0) is 0 Å². The number of aromatic nitrogens is 5. The minimum absolute atomic E-state index is 0.143. The molecule has 0 bridgehead atoms. The van der Waals surface area contributed by atoms with Gasteiger partial charge in [-0.1, -0.05) is 12.2 Å². The zero-order valence-electron chi connectivity index (χ0n) is 7.89. The monoisotopic (exact) mass is 237 g/mol. The summed E-state index contributed by atoms with van der Waals surface area (Å²) in [7, 11) is 0. The molecule has 82 valence electrons. The molecule has 0 saturated heterocycles. The van der Waals surface area contributed by atoms with Crippen molar-refractivity contribution in [1.29, 1.82) is 0 Å². The summed E-state index contributed by atoms with van der Waals surface area (Å²) < 4.78 is 0. The molecule has 0 aromatic carbocycles. The van der Waals surface area contributed by atoms with Gasteiger partial charge in [0, 0.05) is 0 Å². The molecule has 0 fully saturated rings. The van der Waals surface area contributed by atoms with Crippen LogP contribution in [0.1, 0.15) is 16.1 Å². The standard InChI is InChI=1S/C7H7N7OS/c8-5(16)3-1-9-13-6(3)11-7(15)4-2-10-14-12-4/h1-2H,(H2,8,16)(H,10,12,14)(H2,9,11,13,15). The molecule has 9 heteroatoms. The van der Waals surface area contributed by atoms with Crippen molar-refractivity contribution in [1.82, 2.24) is 25.6 Å². The first-order valence-corrected chi connectivity index (χ1v) is 4.59. The van der Waals surface area contributed by atoms with Crippen LogP contribution in [-0.2, 0) is 0 Å². The van der Waals surface area contributed by atoms with E-state index in [1.165, 1.54) is 12.4 Å². The van der Waals surface area contributed by atoms with Crippen molar-refractivity contribution in [3.63, 3.8) is 0 Å². The van der Waals surface area contributed by atoms with Gasteiger partial charge in [0.15, 0.2) is 5.69 Å². The van der Waals surface area contributed by atoms with E-state index in [0.717, 1.165) is 0 Å². The second kappa shape index (κ2) is 4.06. The number of nitrogens with two attached hydrogens (primary N) is 1. The van der Waals surface area contributed by atoms with Crippen molar-refractivity contribution in [2.75, 3.05) is 5.32 Å². The topological polar surface area (TPSA) is 125 Å². The second-order valence-electron chi connectivity index (χ2n) is 2.83. The van der Waals surface area contributed by atoms with Crippen LogP contribution in [0, 0.1) is 0 Å². The average Bonchev–Trinajstić information content (AvgIpc) is 2.86. The number of amides is 1. The zero-order chi connectivity index (χ0) is 11.5. The highest BCUT2D eigenvalue weighted by Crippen LogP contribution is 2.11. The van der Waals surface area contributed by atoms with Gasteiger partial charge in [-0.3, -0.25) is 9.89 Å². The fourth-order valence-electron chi connectivity index (χ4n) is 1.06. The van der Waals surface area contributed by atoms with Crippen molar-refractivity contribution in [3.05, 3.63) is 23.7 Å². The van der Waals surface area contributed by atoms with Gasteiger partial charge in [-0.15, -0.1) is 0 Å². The molecule has 2 heterocycles. The van der Waals surface area contributed by atoms with Crippen LogP contribution in [0.5, 0.6) is 0 Å². The molecule has 0 atom stereocenters. The van der Waals surface area contributed by atoms with E-state index in [9.17, 15) is 4.79 Å². The van der Waals surface area contributed by atoms with Gasteiger partial charge in [-0.25, -0.2) is 0 Å². The minimum atomic E-state index is -0.435. The molecule has 16 heavy (non-hydrogen) atoms. The quantitative estimate of drug-likeness (QED) is 0.529. The van der Waals surface area contributed by atoms with E-state index in [-0.39, 0.29) is 10.7 Å². The first-order valence-electron chi connectivity index (χ1n) is 4.19. The summed E-state index contributed by atoms with van der Waals surface area (Å²) in [5.41, 5.74) is 6.06. The van der Waals surface area contributed by atoms with Crippen molar-refractivity contribution < 1.29 is 4.79 Å². The highest BCUT2D eigenvalue weighted by atomic mass is 32.1. The Morgan fingerprint density at radius 3 is 2.88 bits per heavy atom. The van der Waals surface area contributed by atoms with Crippen LogP contribution in [0.25, 0.3) is 0 Å². The molecule has 8 nitrogen and oxygen atoms in total. The number of thiocarbonyl (C=S) groups is 1. The number of hydrogen-bond donors (Lipinski definition) is 4. The van der Waals surface area contributed by atoms with E-state index in [2.05, 4.69) is 30.9 Å². The van der Waals surface area contributed by atoms with Crippen LogP contribution < -0.4 is 11.1 Å². The van der Waals surface area contributed by atoms with Crippen LogP contribution in [0.3, 0.4) is 0 Å². The lowest BCUT2D eigenvalue weighted by molar-refractivity contribution is 0.102. The fourth-order valence-corrected chi connectivity index (χ4v) is 1.21. The lowest BCUT2D eigenvalue weighted by atomic mass is 10.3. The third kappa shape index (κ3) is 1.88. The van der Waals surface area contributed by atoms with Crippen molar-refractivity contribution >= 4 is 28.9 Å². The van der Waals surface area contributed by atoms with E-state index in [0.29, 0.717) is 11.4 Å². The predicted molar refractivity (Wildman–Crippen MR) is 58.8 cm³/mol. The van der Waals surface area contributed by atoms with Crippen LogP contribution in [-0.4, -0.2) is 36.5 Å². The lowest BCUT2D eigenvalue weighted by Gasteiger charge is -2.01. The Hall–Kier alpha value is -2.29. The number of anilines is 1. The normalized spacial score (nSPS) is 10.0. The van der Waals surface area contributed by atoms with E-state index in [1.54, 1.807) is 0 Å². The number of H-pyrrole nitrogens is 2. The summed E-state index contributed by atoms with van der Waals surface area (Å²) in [4.78, 5) is 11.7. The number of aromatic amines is 2. The maximum Gasteiger partial charge on any atom is 0.278 e. The lowest BCUT2D eigenvalue weighted by Crippen LogP contribution is -2.17. The molecule has 0 unspecified atom stereocenters. The molecule has 0 aliphatic carbocycles. The van der Waals surface area contributed by atoms with Crippen molar-refractivity contribution in [2.45, 2.75) is 0 Å². The number of carbonyl (C=O) groups is 1. The highest BCUT2D eigenvalue weighted by Gasteiger charge is 2.13. The van der Waals surface area contributed by atoms with Crippen LogP contribution in [0.4, 0.5) is 5.82 Å². The molecule has 2 aromatic rings. The van der Waals surface area contributed by atoms with E-state index >= 15 is 0 Å².